The van der Waals surface area contributed by atoms with E-state index in [4.69, 9.17) is 11.6 Å². The Morgan fingerprint density at radius 2 is 1.87 bits per heavy atom. The number of piperazine rings is 1. The molecule has 1 amide bonds. The van der Waals surface area contributed by atoms with Gasteiger partial charge in [-0.15, -0.1) is 0 Å². The van der Waals surface area contributed by atoms with Crippen LogP contribution in [0, 0.1) is 6.92 Å². The second-order valence-corrected chi connectivity index (χ2v) is 9.03. The molecule has 0 atom stereocenters. The van der Waals surface area contributed by atoms with Crippen LogP contribution >= 0.6 is 23.1 Å². The Labute approximate surface area is 192 Å². The molecule has 8 heteroatoms. The van der Waals surface area contributed by atoms with E-state index >= 15 is 0 Å². The summed E-state index contributed by atoms with van der Waals surface area (Å²) in [4.78, 5) is 23.5. The van der Waals surface area contributed by atoms with Gasteiger partial charge in [0, 0.05) is 61.9 Å². The lowest BCUT2D eigenvalue weighted by Gasteiger charge is -2.36. The quantitative estimate of drug-likeness (QED) is 0.564. The number of likely N-dealkylation sites (N-methyl/N-ethyl adjacent to an activating group) is 1. The third-order valence-electron chi connectivity index (χ3n) is 5.44. The number of aromatic nitrogens is 2. The molecule has 162 valence electrons. The molecule has 3 aromatic rings. The first-order chi connectivity index (χ1) is 15.0. The molecule has 31 heavy (non-hydrogen) atoms. The van der Waals surface area contributed by atoms with Crippen LogP contribution in [0.25, 0.3) is 0 Å². The van der Waals surface area contributed by atoms with Crippen molar-refractivity contribution in [3.8, 4) is 0 Å². The van der Waals surface area contributed by atoms with Gasteiger partial charge in [-0.25, -0.2) is 4.98 Å². The van der Waals surface area contributed by atoms with Crippen LogP contribution in [0.1, 0.15) is 17.0 Å². The van der Waals surface area contributed by atoms with E-state index in [0.29, 0.717) is 26.1 Å². The summed E-state index contributed by atoms with van der Waals surface area (Å²) >= 11 is 7.45. The molecule has 0 bridgehead atoms. The first-order valence-electron chi connectivity index (χ1n) is 10.4. The molecule has 1 aliphatic rings. The van der Waals surface area contributed by atoms with Gasteiger partial charge in [-0.1, -0.05) is 47.5 Å². The number of carbonyl (C=O) groups excluding carboxylic acids is 1. The van der Waals surface area contributed by atoms with Crippen molar-refractivity contribution >= 4 is 39.9 Å². The Bertz CT molecular complexity index is 1030. The predicted octanol–water partition coefficient (Wildman–Crippen LogP) is 3.88. The van der Waals surface area contributed by atoms with E-state index in [1.165, 1.54) is 22.7 Å². The molecule has 0 spiro atoms. The average molecular weight is 456 g/mol. The van der Waals surface area contributed by atoms with Crippen molar-refractivity contribution < 1.29 is 4.79 Å². The first-order valence-corrected chi connectivity index (χ1v) is 11.5. The molecule has 1 aromatic heterocycles. The lowest BCUT2D eigenvalue weighted by molar-refractivity contribution is -0.129. The SMILES string of the molecule is Cc1ccc(Cc2nsc(N(C)CC(=O)N3CCN(c4cccc(Cl)c4)CC3)n2)cc1. The van der Waals surface area contributed by atoms with Crippen LogP contribution < -0.4 is 9.80 Å². The minimum Gasteiger partial charge on any atom is -0.368 e. The number of carbonyl (C=O) groups is 1. The molecule has 2 aromatic carbocycles. The summed E-state index contributed by atoms with van der Waals surface area (Å²) in [5, 5.41) is 1.50. The Balaban J connectivity index is 1.29. The molecule has 1 aliphatic heterocycles. The van der Waals surface area contributed by atoms with Gasteiger partial charge < -0.3 is 14.7 Å². The third-order valence-corrected chi connectivity index (χ3v) is 6.55. The number of hydrogen-bond acceptors (Lipinski definition) is 6. The van der Waals surface area contributed by atoms with Crippen molar-refractivity contribution in [2.75, 3.05) is 49.6 Å². The van der Waals surface area contributed by atoms with Gasteiger partial charge in [-0.05, 0) is 30.7 Å². The highest BCUT2D eigenvalue weighted by Gasteiger charge is 2.23. The lowest BCUT2D eigenvalue weighted by Crippen LogP contribution is -2.51. The number of halogens is 1. The van der Waals surface area contributed by atoms with Crippen LogP contribution in [0.5, 0.6) is 0 Å². The summed E-state index contributed by atoms with van der Waals surface area (Å²) in [6.45, 7) is 5.38. The van der Waals surface area contributed by atoms with Gasteiger partial charge in [-0.2, -0.15) is 4.37 Å². The molecule has 4 rings (SSSR count). The first kappa shape index (κ1) is 21.6. The van der Waals surface area contributed by atoms with Gasteiger partial charge in [0.2, 0.25) is 11.0 Å². The number of amides is 1. The number of nitrogens with zero attached hydrogens (tertiary/aromatic N) is 5. The summed E-state index contributed by atoms with van der Waals surface area (Å²) in [6.07, 6.45) is 0.698. The van der Waals surface area contributed by atoms with Gasteiger partial charge in [0.25, 0.3) is 0 Å². The fourth-order valence-electron chi connectivity index (χ4n) is 3.62. The maximum atomic E-state index is 12.8. The Hall–Kier alpha value is -2.64. The highest BCUT2D eigenvalue weighted by atomic mass is 35.5. The number of anilines is 2. The van der Waals surface area contributed by atoms with Crippen molar-refractivity contribution in [2.45, 2.75) is 13.3 Å². The maximum Gasteiger partial charge on any atom is 0.242 e. The molecule has 0 unspecified atom stereocenters. The van der Waals surface area contributed by atoms with Gasteiger partial charge >= 0.3 is 0 Å². The third kappa shape index (κ3) is 5.54. The van der Waals surface area contributed by atoms with Crippen molar-refractivity contribution in [2.24, 2.45) is 0 Å². The zero-order valence-electron chi connectivity index (χ0n) is 17.8. The fraction of sp³-hybridized carbons (Fsp3) is 0.348. The van der Waals surface area contributed by atoms with Crippen LogP contribution in [0.15, 0.2) is 48.5 Å². The zero-order chi connectivity index (χ0) is 21.8. The van der Waals surface area contributed by atoms with Crippen LogP contribution in [0.4, 0.5) is 10.8 Å². The van der Waals surface area contributed by atoms with E-state index in [1.807, 2.05) is 35.0 Å². The second-order valence-electron chi connectivity index (χ2n) is 7.86. The molecule has 0 N–H and O–H groups in total. The molecule has 6 nitrogen and oxygen atoms in total. The number of aryl methyl sites for hydroxylation is 1. The summed E-state index contributed by atoms with van der Waals surface area (Å²) < 4.78 is 4.47. The van der Waals surface area contributed by atoms with E-state index < -0.39 is 0 Å². The summed E-state index contributed by atoms with van der Waals surface area (Å²) in [7, 11) is 1.90. The van der Waals surface area contributed by atoms with E-state index in [2.05, 4.69) is 51.5 Å². The van der Waals surface area contributed by atoms with Crippen molar-refractivity contribution in [1.29, 1.82) is 0 Å². The van der Waals surface area contributed by atoms with Gasteiger partial charge in [0.05, 0.1) is 6.54 Å². The lowest BCUT2D eigenvalue weighted by atomic mass is 10.1. The molecule has 0 radical (unpaired) electrons. The molecule has 1 fully saturated rings. The Kier molecular flexibility index (Phi) is 6.73. The molecule has 0 aliphatic carbocycles. The molecule has 0 saturated carbocycles. The van der Waals surface area contributed by atoms with Crippen molar-refractivity contribution in [1.82, 2.24) is 14.3 Å². The molecule has 2 heterocycles. The standard InChI is InChI=1S/C23H26ClN5OS/c1-17-6-8-18(9-7-17)14-21-25-23(31-26-21)27(2)16-22(30)29-12-10-28(11-13-29)20-5-3-4-19(24)15-20/h3-9,15H,10-14,16H2,1-2H3. The van der Waals surface area contributed by atoms with Gasteiger partial charge in [0.1, 0.15) is 5.82 Å². The highest BCUT2D eigenvalue weighted by Crippen LogP contribution is 2.21. The summed E-state index contributed by atoms with van der Waals surface area (Å²) in [5.74, 6) is 0.904. The van der Waals surface area contributed by atoms with Gasteiger partial charge in [-0.3, -0.25) is 4.79 Å². The second kappa shape index (κ2) is 9.66. The van der Waals surface area contributed by atoms with E-state index in [0.717, 1.165) is 34.8 Å². The Morgan fingerprint density at radius 3 is 2.58 bits per heavy atom. The van der Waals surface area contributed by atoms with Crippen LogP contribution in [-0.4, -0.2) is 59.9 Å². The van der Waals surface area contributed by atoms with Gasteiger partial charge in [0.15, 0.2) is 0 Å². The smallest absolute Gasteiger partial charge is 0.242 e. The Morgan fingerprint density at radius 1 is 1.13 bits per heavy atom. The zero-order valence-corrected chi connectivity index (χ0v) is 19.4. The topological polar surface area (TPSA) is 52.6 Å². The number of hydrogen-bond donors (Lipinski definition) is 0. The van der Waals surface area contributed by atoms with E-state index in [9.17, 15) is 4.79 Å². The summed E-state index contributed by atoms with van der Waals surface area (Å²) in [6, 6.07) is 16.3. The minimum atomic E-state index is 0.114. The van der Waals surface area contributed by atoms with Crippen LogP contribution in [-0.2, 0) is 11.2 Å². The largest absolute Gasteiger partial charge is 0.368 e. The van der Waals surface area contributed by atoms with E-state index in [-0.39, 0.29) is 5.91 Å². The average Bonchev–Trinajstić information content (AvgIpc) is 3.24. The van der Waals surface area contributed by atoms with Crippen LogP contribution in [0.2, 0.25) is 5.02 Å². The molecular weight excluding hydrogens is 430 g/mol. The maximum absolute atomic E-state index is 12.8. The minimum absolute atomic E-state index is 0.114. The molecule has 1 saturated heterocycles. The van der Waals surface area contributed by atoms with Crippen molar-refractivity contribution in [3.63, 3.8) is 0 Å². The van der Waals surface area contributed by atoms with Crippen molar-refractivity contribution in [3.05, 3.63) is 70.5 Å². The highest BCUT2D eigenvalue weighted by molar-refractivity contribution is 7.09. The molecular formula is C23H26ClN5OS. The summed E-state index contributed by atoms with van der Waals surface area (Å²) in [5.41, 5.74) is 3.53. The normalized spacial score (nSPS) is 14.0. The number of rotatable bonds is 6. The van der Waals surface area contributed by atoms with E-state index in [1.54, 1.807) is 0 Å². The number of benzene rings is 2. The van der Waals surface area contributed by atoms with Crippen LogP contribution in [0.3, 0.4) is 0 Å². The monoisotopic (exact) mass is 455 g/mol. The predicted molar refractivity (Wildman–Crippen MR) is 127 cm³/mol. The fourth-order valence-corrected chi connectivity index (χ4v) is 4.44.